The lowest BCUT2D eigenvalue weighted by atomic mass is 10.1. The molecule has 1 aromatic carbocycles. The molecule has 2 rings (SSSR count). The Balaban J connectivity index is 1.78. The molecule has 0 bridgehead atoms. The molecule has 0 saturated carbocycles. The van der Waals surface area contributed by atoms with Gasteiger partial charge in [0.25, 0.3) is 5.91 Å². The first-order valence-corrected chi connectivity index (χ1v) is 9.55. The van der Waals surface area contributed by atoms with Crippen LogP contribution in [0.2, 0.25) is 0 Å². The van der Waals surface area contributed by atoms with Crippen molar-refractivity contribution in [2.24, 2.45) is 0 Å². The number of amides is 3. The number of rotatable bonds is 6. The van der Waals surface area contributed by atoms with Crippen LogP contribution in [-0.2, 0) is 9.59 Å². The molecule has 0 aliphatic carbocycles. The molecule has 0 aliphatic rings. The number of hydrogen-bond donors (Lipinski definition) is 3. The monoisotopic (exact) mass is 437 g/mol. The second kappa shape index (κ2) is 8.95. The van der Waals surface area contributed by atoms with Crippen LogP contribution in [0.5, 0.6) is 0 Å². The fourth-order valence-electron chi connectivity index (χ4n) is 2.49. The lowest BCUT2D eigenvalue weighted by molar-refractivity contribution is -0.123. The number of nitrogens with one attached hydrogen (secondary N) is 3. The van der Waals surface area contributed by atoms with Crippen LogP contribution in [0.4, 0.5) is 5.69 Å². The topological polar surface area (TPSA) is 87.3 Å². The summed E-state index contributed by atoms with van der Waals surface area (Å²) >= 11 is 4.56. The van der Waals surface area contributed by atoms with Crippen LogP contribution in [0, 0.1) is 20.8 Å². The van der Waals surface area contributed by atoms with Gasteiger partial charge < -0.3 is 16.0 Å². The second-order valence-corrected chi connectivity index (χ2v) is 8.35. The zero-order valence-corrected chi connectivity index (χ0v) is 17.1. The fourth-order valence-corrected chi connectivity index (χ4v) is 3.79. The summed E-state index contributed by atoms with van der Waals surface area (Å²) in [5.41, 5.74) is 3.82. The summed E-state index contributed by atoms with van der Waals surface area (Å²) in [4.78, 5) is 36.2. The average molecular weight is 438 g/mol. The highest BCUT2D eigenvalue weighted by Crippen LogP contribution is 2.22. The fraction of sp³-hybridized carbons (Fsp3) is 0.278. The SMILES string of the molecule is Cc1cc(C)c(NC(=O)CNC(=O)CNC(=O)c2ccc(Br)s2)c(C)c1. The Hall–Kier alpha value is -2.19. The molecule has 0 fully saturated rings. The lowest BCUT2D eigenvalue weighted by Crippen LogP contribution is -2.40. The van der Waals surface area contributed by atoms with E-state index in [0.29, 0.717) is 4.88 Å². The van der Waals surface area contributed by atoms with Gasteiger partial charge in [0.05, 0.1) is 21.8 Å². The number of carbonyl (C=O) groups is 3. The normalized spacial score (nSPS) is 10.3. The highest BCUT2D eigenvalue weighted by atomic mass is 79.9. The summed E-state index contributed by atoms with van der Waals surface area (Å²) in [6.07, 6.45) is 0. The molecule has 8 heteroatoms. The first kappa shape index (κ1) is 20.1. The molecule has 1 heterocycles. The Bertz CT molecular complexity index is 825. The van der Waals surface area contributed by atoms with Crippen molar-refractivity contribution in [3.8, 4) is 0 Å². The first-order valence-electron chi connectivity index (χ1n) is 7.94. The molecule has 1 aromatic heterocycles. The molecule has 138 valence electrons. The smallest absolute Gasteiger partial charge is 0.261 e. The van der Waals surface area contributed by atoms with Gasteiger partial charge in [-0.3, -0.25) is 14.4 Å². The van der Waals surface area contributed by atoms with Crippen LogP contribution in [-0.4, -0.2) is 30.8 Å². The van der Waals surface area contributed by atoms with Crippen molar-refractivity contribution < 1.29 is 14.4 Å². The van der Waals surface area contributed by atoms with E-state index in [4.69, 9.17) is 0 Å². The molecule has 0 spiro atoms. The van der Waals surface area contributed by atoms with Gasteiger partial charge >= 0.3 is 0 Å². The van der Waals surface area contributed by atoms with E-state index in [1.807, 2.05) is 32.9 Å². The van der Waals surface area contributed by atoms with Crippen molar-refractivity contribution in [3.63, 3.8) is 0 Å². The second-order valence-electron chi connectivity index (χ2n) is 5.89. The van der Waals surface area contributed by atoms with Gasteiger partial charge in [0, 0.05) is 5.69 Å². The molecule has 0 atom stereocenters. The number of halogens is 1. The van der Waals surface area contributed by atoms with E-state index in [9.17, 15) is 14.4 Å². The number of aryl methyl sites for hydroxylation is 3. The van der Waals surface area contributed by atoms with Crippen molar-refractivity contribution in [1.29, 1.82) is 0 Å². The number of hydrogen-bond acceptors (Lipinski definition) is 4. The maximum absolute atomic E-state index is 12.1. The molecule has 0 radical (unpaired) electrons. The van der Waals surface area contributed by atoms with E-state index >= 15 is 0 Å². The Kier molecular flexibility index (Phi) is 6.93. The van der Waals surface area contributed by atoms with E-state index in [2.05, 4.69) is 31.9 Å². The van der Waals surface area contributed by atoms with Gasteiger partial charge in [0.2, 0.25) is 11.8 Å². The quantitative estimate of drug-likeness (QED) is 0.648. The minimum atomic E-state index is -0.429. The molecule has 26 heavy (non-hydrogen) atoms. The van der Waals surface area contributed by atoms with Crippen molar-refractivity contribution in [2.45, 2.75) is 20.8 Å². The van der Waals surface area contributed by atoms with Crippen LogP contribution < -0.4 is 16.0 Å². The van der Waals surface area contributed by atoms with Crippen molar-refractivity contribution in [2.75, 3.05) is 18.4 Å². The molecule has 6 nitrogen and oxygen atoms in total. The molecule has 3 amide bonds. The lowest BCUT2D eigenvalue weighted by Gasteiger charge is -2.13. The Morgan fingerprint density at radius 1 is 0.962 bits per heavy atom. The summed E-state index contributed by atoms with van der Waals surface area (Å²) < 4.78 is 0.838. The standard InChI is InChI=1S/C18H20BrN3O3S/c1-10-6-11(2)17(12(3)7-10)22-16(24)9-20-15(23)8-21-18(25)13-4-5-14(19)26-13/h4-7H,8-9H2,1-3H3,(H,20,23)(H,21,25)(H,22,24). The third-order valence-electron chi connectivity index (χ3n) is 3.59. The van der Waals surface area contributed by atoms with Gasteiger partial charge in [-0.05, 0) is 60.0 Å². The highest BCUT2D eigenvalue weighted by molar-refractivity contribution is 9.11. The van der Waals surface area contributed by atoms with Gasteiger partial charge in [-0.1, -0.05) is 17.7 Å². The van der Waals surface area contributed by atoms with E-state index < -0.39 is 5.91 Å². The number of carbonyl (C=O) groups excluding carboxylic acids is 3. The van der Waals surface area contributed by atoms with Crippen LogP contribution in [0.1, 0.15) is 26.4 Å². The van der Waals surface area contributed by atoms with Crippen molar-refractivity contribution >= 4 is 50.7 Å². The Morgan fingerprint density at radius 3 is 2.15 bits per heavy atom. The van der Waals surface area contributed by atoms with E-state index in [-0.39, 0.29) is 24.9 Å². The predicted molar refractivity (Wildman–Crippen MR) is 107 cm³/mol. The summed E-state index contributed by atoms with van der Waals surface area (Å²) in [5.74, 6) is -1.07. The molecule has 0 saturated heterocycles. The molecule has 0 unspecified atom stereocenters. The molecule has 0 aliphatic heterocycles. The van der Waals surface area contributed by atoms with Gasteiger partial charge in [-0.25, -0.2) is 0 Å². The molecule has 2 aromatic rings. The van der Waals surface area contributed by atoms with Gasteiger partial charge in [0.15, 0.2) is 0 Å². The third-order valence-corrected chi connectivity index (χ3v) is 5.22. The Labute approximate surface area is 164 Å². The van der Waals surface area contributed by atoms with E-state index in [1.165, 1.54) is 11.3 Å². The molecule has 3 N–H and O–H groups in total. The maximum atomic E-state index is 12.1. The first-order chi connectivity index (χ1) is 12.3. The number of anilines is 1. The summed E-state index contributed by atoms with van der Waals surface area (Å²) in [7, 11) is 0. The molecular formula is C18H20BrN3O3S. The Morgan fingerprint density at radius 2 is 1.58 bits per heavy atom. The maximum Gasteiger partial charge on any atom is 0.261 e. The largest absolute Gasteiger partial charge is 0.345 e. The van der Waals surface area contributed by atoms with Gasteiger partial charge in [0.1, 0.15) is 0 Å². The van der Waals surface area contributed by atoms with Gasteiger partial charge in [-0.15, -0.1) is 11.3 Å². The minimum absolute atomic E-state index is 0.161. The van der Waals surface area contributed by atoms with Crippen LogP contribution in [0.15, 0.2) is 28.1 Å². The summed E-state index contributed by atoms with van der Waals surface area (Å²) in [5, 5.41) is 7.82. The van der Waals surface area contributed by atoms with Crippen LogP contribution in [0.3, 0.4) is 0 Å². The predicted octanol–water partition coefficient (Wildman–Crippen LogP) is 2.92. The molecular weight excluding hydrogens is 418 g/mol. The highest BCUT2D eigenvalue weighted by Gasteiger charge is 2.12. The number of thiophene rings is 1. The van der Waals surface area contributed by atoms with Crippen LogP contribution in [0.25, 0.3) is 0 Å². The van der Waals surface area contributed by atoms with E-state index in [0.717, 1.165) is 26.2 Å². The van der Waals surface area contributed by atoms with E-state index in [1.54, 1.807) is 12.1 Å². The van der Waals surface area contributed by atoms with Gasteiger partial charge in [-0.2, -0.15) is 0 Å². The minimum Gasteiger partial charge on any atom is -0.345 e. The summed E-state index contributed by atoms with van der Waals surface area (Å²) in [6.45, 7) is 5.49. The average Bonchev–Trinajstić information content (AvgIpc) is 3.00. The van der Waals surface area contributed by atoms with Crippen molar-refractivity contribution in [1.82, 2.24) is 10.6 Å². The van der Waals surface area contributed by atoms with Crippen LogP contribution >= 0.6 is 27.3 Å². The third kappa shape index (κ3) is 5.67. The number of benzene rings is 1. The van der Waals surface area contributed by atoms with Crippen molar-refractivity contribution in [3.05, 3.63) is 49.6 Å². The zero-order valence-electron chi connectivity index (χ0n) is 14.7. The summed E-state index contributed by atoms with van der Waals surface area (Å²) in [6, 6.07) is 7.40. The zero-order chi connectivity index (χ0) is 19.3.